The number of carbonyl (C=O) groups excluding carboxylic acids is 1. The van der Waals surface area contributed by atoms with Gasteiger partial charge in [0, 0.05) is 6.54 Å². The minimum Gasteiger partial charge on any atom is -0.468 e. The Labute approximate surface area is 118 Å². The van der Waals surface area contributed by atoms with Crippen LogP contribution in [-0.4, -0.2) is 50.2 Å². The average molecular weight is 272 g/mol. The Morgan fingerprint density at radius 2 is 1.84 bits per heavy atom. The quantitative estimate of drug-likeness (QED) is 0.688. The van der Waals surface area contributed by atoms with Crippen molar-refractivity contribution in [2.75, 3.05) is 33.8 Å². The number of hydrogen-bond acceptors (Lipinski definition) is 4. The first-order chi connectivity index (χ1) is 8.64. The first kappa shape index (κ1) is 18.4. The number of ether oxygens (including phenoxy) is 1. The number of nitrogens with zero attached hydrogens (tertiary/aromatic N) is 1. The molecule has 1 N–H and O–H groups in total. The number of hydrogen-bond donors (Lipinski definition) is 1. The molecule has 4 nitrogen and oxygen atoms in total. The zero-order valence-electron chi connectivity index (χ0n) is 13.8. The Balaban J connectivity index is 4.24. The van der Waals surface area contributed by atoms with Gasteiger partial charge in [0.1, 0.15) is 5.54 Å². The third-order valence-electron chi connectivity index (χ3n) is 3.16. The van der Waals surface area contributed by atoms with Crippen molar-refractivity contribution in [3.05, 3.63) is 0 Å². The fraction of sp³-hybridized carbons (Fsp3) is 0.933. The fourth-order valence-electron chi connectivity index (χ4n) is 2.47. The molecule has 1 unspecified atom stereocenters. The molecule has 0 spiro atoms. The van der Waals surface area contributed by atoms with Gasteiger partial charge in [-0.15, -0.1) is 0 Å². The summed E-state index contributed by atoms with van der Waals surface area (Å²) in [7, 11) is 3.58. The summed E-state index contributed by atoms with van der Waals surface area (Å²) in [6.07, 6.45) is 1.77. The van der Waals surface area contributed by atoms with Gasteiger partial charge in [0.15, 0.2) is 0 Å². The van der Waals surface area contributed by atoms with Gasteiger partial charge >= 0.3 is 5.97 Å². The highest BCUT2D eigenvalue weighted by molar-refractivity contribution is 5.80. The summed E-state index contributed by atoms with van der Waals surface area (Å²) in [4.78, 5) is 14.2. The number of likely N-dealkylation sites (N-methyl/N-ethyl adjacent to an activating group) is 1. The molecular formula is C15H32N2O2. The van der Waals surface area contributed by atoms with Gasteiger partial charge in [-0.3, -0.25) is 4.79 Å². The van der Waals surface area contributed by atoms with Crippen LogP contribution in [0.5, 0.6) is 0 Å². The standard InChI is InChI=1S/C15H32N2O2/c1-8-16-15(5,13(18)19-7)10-9-11-17(6)12-14(2,3)4/h16H,8-12H2,1-7H3. The lowest BCUT2D eigenvalue weighted by Crippen LogP contribution is -2.50. The van der Waals surface area contributed by atoms with Gasteiger partial charge in [0.25, 0.3) is 0 Å². The van der Waals surface area contributed by atoms with E-state index in [1.54, 1.807) is 0 Å². The zero-order chi connectivity index (χ0) is 15.1. The normalized spacial score (nSPS) is 15.4. The van der Waals surface area contributed by atoms with E-state index in [1.807, 2.05) is 13.8 Å². The summed E-state index contributed by atoms with van der Waals surface area (Å²) in [5.41, 5.74) is -0.256. The van der Waals surface area contributed by atoms with Crippen molar-refractivity contribution in [1.29, 1.82) is 0 Å². The summed E-state index contributed by atoms with van der Waals surface area (Å²) in [5, 5.41) is 3.24. The molecule has 0 bridgehead atoms. The van der Waals surface area contributed by atoms with Gasteiger partial charge in [-0.05, 0) is 45.3 Å². The van der Waals surface area contributed by atoms with Crippen LogP contribution < -0.4 is 5.32 Å². The van der Waals surface area contributed by atoms with E-state index in [0.717, 1.165) is 32.5 Å². The number of nitrogens with one attached hydrogen (secondary N) is 1. The second-order valence-electron chi connectivity index (χ2n) is 6.76. The Kier molecular flexibility index (Phi) is 7.60. The molecule has 0 rings (SSSR count). The van der Waals surface area contributed by atoms with Crippen molar-refractivity contribution in [2.45, 2.75) is 53.0 Å². The highest BCUT2D eigenvalue weighted by Crippen LogP contribution is 2.17. The monoisotopic (exact) mass is 272 g/mol. The second kappa shape index (κ2) is 7.85. The lowest BCUT2D eigenvalue weighted by Gasteiger charge is -2.30. The van der Waals surface area contributed by atoms with Crippen LogP contribution in [0.25, 0.3) is 0 Å². The van der Waals surface area contributed by atoms with Gasteiger partial charge in [0.05, 0.1) is 7.11 Å². The number of methoxy groups -OCH3 is 1. The summed E-state index contributed by atoms with van der Waals surface area (Å²) in [5.74, 6) is -0.173. The maximum atomic E-state index is 11.8. The van der Waals surface area contributed by atoms with E-state index in [4.69, 9.17) is 4.74 Å². The Morgan fingerprint density at radius 3 is 2.26 bits per heavy atom. The molecule has 0 aliphatic rings. The first-order valence-corrected chi connectivity index (χ1v) is 7.16. The molecule has 0 radical (unpaired) electrons. The Bertz CT molecular complexity index is 274. The number of carbonyl (C=O) groups is 1. The van der Waals surface area contributed by atoms with E-state index >= 15 is 0 Å². The molecule has 4 heteroatoms. The van der Waals surface area contributed by atoms with Gasteiger partial charge in [-0.25, -0.2) is 0 Å². The maximum Gasteiger partial charge on any atom is 0.325 e. The molecular weight excluding hydrogens is 240 g/mol. The molecule has 0 fully saturated rings. The van der Waals surface area contributed by atoms with E-state index in [0.29, 0.717) is 5.41 Å². The van der Waals surface area contributed by atoms with E-state index in [-0.39, 0.29) is 5.97 Å². The van der Waals surface area contributed by atoms with Crippen molar-refractivity contribution >= 4 is 5.97 Å². The third kappa shape index (κ3) is 7.53. The fourth-order valence-corrected chi connectivity index (χ4v) is 2.47. The molecule has 0 aromatic rings. The van der Waals surface area contributed by atoms with Crippen LogP contribution in [0.2, 0.25) is 0 Å². The van der Waals surface area contributed by atoms with Crippen molar-refractivity contribution in [3.8, 4) is 0 Å². The molecule has 0 saturated heterocycles. The predicted octanol–water partition coefficient (Wildman–Crippen LogP) is 2.29. The van der Waals surface area contributed by atoms with Crippen LogP contribution in [0.15, 0.2) is 0 Å². The summed E-state index contributed by atoms with van der Waals surface area (Å²) >= 11 is 0. The minimum absolute atomic E-state index is 0.173. The summed E-state index contributed by atoms with van der Waals surface area (Å²) in [6.45, 7) is 13.5. The Hall–Kier alpha value is -0.610. The van der Waals surface area contributed by atoms with Crippen LogP contribution in [0.4, 0.5) is 0 Å². The highest BCUT2D eigenvalue weighted by Gasteiger charge is 2.32. The van der Waals surface area contributed by atoms with Crippen LogP contribution in [0, 0.1) is 5.41 Å². The van der Waals surface area contributed by atoms with E-state index in [1.165, 1.54) is 7.11 Å². The molecule has 0 aliphatic heterocycles. The molecule has 0 aromatic heterocycles. The van der Waals surface area contributed by atoms with Crippen LogP contribution in [0.1, 0.15) is 47.5 Å². The topological polar surface area (TPSA) is 41.6 Å². The molecule has 0 aliphatic carbocycles. The smallest absolute Gasteiger partial charge is 0.325 e. The molecule has 114 valence electrons. The van der Waals surface area contributed by atoms with Crippen LogP contribution in [-0.2, 0) is 9.53 Å². The Morgan fingerprint density at radius 1 is 1.26 bits per heavy atom. The van der Waals surface area contributed by atoms with E-state index in [2.05, 4.69) is 38.0 Å². The van der Waals surface area contributed by atoms with Crippen molar-refractivity contribution in [3.63, 3.8) is 0 Å². The first-order valence-electron chi connectivity index (χ1n) is 7.16. The second-order valence-corrected chi connectivity index (χ2v) is 6.76. The third-order valence-corrected chi connectivity index (χ3v) is 3.16. The van der Waals surface area contributed by atoms with E-state index < -0.39 is 5.54 Å². The molecule has 19 heavy (non-hydrogen) atoms. The SMILES string of the molecule is CCNC(C)(CCCN(C)CC(C)(C)C)C(=O)OC. The lowest BCUT2D eigenvalue weighted by atomic mass is 9.94. The molecule has 0 amide bonds. The highest BCUT2D eigenvalue weighted by atomic mass is 16.5. The molecule has 0 heterocycles. The molecule has 1 atom stereocenters. The van der Waals surface area contributed by atoms with Gasteiger partial charge in [-0.1, -0.05) is 27.7 Å². The van der Waals surface area contributed by atoms with Crippen molar-refractivity contribution in [1.82, 2.24) is 10.2 Å². The van der Waals surface area contributed by atoms with Crippen LogP contribution >= 0.6 is 0 Å². The maximum absolute atomic E-state index is 11.8. The summed E-state index contributed by atoms with van der Waals surface area (Å²) < 4.78 is 4.89. The average Bonchev–Trinajstić information content (AvgIpc) is 2.25. The molecule has 0 saturated carbocycles. The van der Waals surface area contributed by atoms with Gasteiger partial charge in [0.2, 0.25) is 0 Å². The van der Waals surface area contributed by atoms with Crippen molar-refractivity contribution < 1.29 is 9.53 Å². The number of esters is 1. The van der Waals surface area contributed by atoms with Crippen LogP contribution in [0.3, 0.4) is 0 Å². The van der Waals surface area contributed by atoms with Crippen molar-refractivity contribution in [2.24, 2.45) is 5.41 Å². The summed E-state index contributed by atoms with van der Waals surface area (Å²) in [6, 6.07) is 0. The van der Waals surface area contributed by atoms with Gasteiger partial charge < -0.3 is 15.0 Å². The largest absolute Gasteiger partial charge is 0.468 e. The number of rotatable bonds is 8. The van der Waals surface area contributed by atoms with Gasteiger partial charge in [-0.2, -0.15) is 0 Å². The predicted molar refractivity (Wildman–Crippen MR) is 80.3 cm³/mol. The van der Waals surface area contributed by atoms with E-state index in [9.17, 15) is 4.79 Å². The minimum atomic E-state index is -0.563. The zero-order valence-corrected chi connectivity index (χ0v) is 13.8. The lowest BCUT2D eigenvalue weighted by molar-refractivity contribution is -0.148. The molecule has 0 aromatic carbocycles.